The van der Waals surface area contributed by atoms with E-state index in [9.17, 15) is 14.0 Å². The molecule has 1 fully saturated rings. The van der Waals surface area contributed by atoms with Crippen LogP contribution < -0.4 is 5.69 Å². The van der Waals surface area contributed by atoms with Gasteiger partial charge in [0, 0.05) is 22.8 Å². The van der Waals surface area contributed by atoms with E-state index in [0.717, 1.165) is 27.4 Å². The molecule has 0 unspecified atom stereocenters. The molecule has 1 saturated heterocycles. The van der Waals surface area contributed by atoms with Gasteiger partial charge in [0.05, 0.1) is 28.6 Å². The van der Waals surface area contributed by atoms with Gasteiger partial charge >= 0.3 is 5.69 Å². The van der Waals surface area contributed by atoms with Crippen molar-refractivity contribution in [3.63, 3.8) is 0 Å². The second kappa shape index (κ2) is 9.66. The standard InChI is InChI=1S/C27H22BrFN6O3/c1-15-25(36)34(11-10-16-2-8-21-23(12-16)32-27(37)31-21)26(38-15)20-14-35(19-6-3-17(28)4-7-19)33-24(20)22-9-5-18(29)13-30-22/h2-9,12-15,26H,10-11H2,1H3,(H2,31,32,37)/t15-,26-/m1/s1. The number of aromatic amines is 2. The SMILES string of the molecule is C[C@H]1O[C@H](c2cn(-c3ccc(Br)cc3)nc2-c2ccc(F)cn2)N(CCc2ccc3[nH]c(=O)[nH]c3c2)C1=O. The first kappa shape index (κ1) is 24.3. The average molecular weight is 577 g/mol. The van der Waals surface area contributed by atoms with E-state index in [1.807, 2.05) is 48.7 Å². The molecule has 0 radical (unpaired) electrons. The number of fused-ring (bicyclic) bond motifs is 1. The van der Waals surface area contributed by atoms with E-state index >= 15 is 0 Å². The van der Waals surface area contributed by atoms with Crippen LogP contribution in [0.5, 0.6) is 0 Å². The quantitative estimate of drug-likeness (QED) is 0.309. The van der Waals surface area contributed by atoms with Crippen molar-refractivity contribution in [3.8, 4) is 17.1 Å². The van der Waals surface area contributed by atoms with Crippen LogP contribution in [0.2, 0.25) is 0 Å². The normalized spacial score (nSPS) is 17.6. The summed E-state index contributed by atoms with van der Waals surface area (Å²) in [6.45, 7) is 2.11. The molecular weight excluding hydrogens is 555 g/mol. The predicted octanol–water partition coefficient (Wildman–Crippen LogP) is 4.49. The van der Waals surface area contributed by atoms with Crippen LogP contribution >= 0.6 is 15.9 Å². The maximum absolute atomic E-state index is 13.6. The van der Waals surface area contributed by atoms with Gasteiger partial charge in [0.25, 0.3) is 5.91 Å². The summed E-state index contributed by atoms with van der Waals surface area (Å²) in [6.07, 6.45) is 2.16. The molecule has 6 rings (SSSR count). The predicted molar refractivity (Wildman–Crippen MR) is 142 cm³/mol. The number of nitrogens with zero attached hydrogens (tertiary/aromatic N) is 4. The van der Waals surface area contributed by atoms with Crippen molar-refractivity contribution in [1.29, 1.82) is 0 Å². The molecule has 1 amide bonds. The molecule has 1 aliphatic heterocycles. The summed E-state index contributed by atoms with van der Waals surface area (Å²) in [4.78, 5) is 36.2. The number of carbonyl (C=O) groups is 1. The molecule has 38 heavy (non-hydrogen) atoms. The van der Waals surface area contributed by atoms with Crippen molar-refractivity contribution in [1.82, 2.24) is 29.6 Å². The Morgan fingerprint density at radius 2 is 1.84 bits per heavy atom. The Bertz CT molecular complexity index is 1690. The lowest BCUT2D eigenvalue weighted by Crippen LogP contribution is -2.32. The summed E-state index contributed by atoms with van der Waals surface area (Å²) in [6, 6.07) is 16.2. The van der Waals surface area contributed by atoms with Gasteiger partial charge in [0.1, 0.15) is 17.6 Å². The third-order valence-electron chi connectivity index (χ3n) is 6.54. The Balaban J connectivity index is 1.36. The van der Waals surface area contributed by atoms with Crippen LogP contribution in [0, 0.1) is 5.82 Å². The Morgan fingerprint density at radius 1 is 1.05 bits per heavy atom. The molecule has 9 nitrogen and oxygen atoms in total. The van der Waals surface area contributed by atoms with Gasteiger partial charge in [-0.2, -0.15) is 5.10 Å². The summed E-state index contributed by atoms with van der Waals surface area (Å²) in [5.74, 6) is -0.591. The zero-order valence-electron chi connectivity index (χ0n) is 20.2. The first-order chi connectivity index (χ1) is 18.4. The van der Waals surface area contributed by atoms with Gasteiger partial charge in [-0.1, -0.05) is 22.0 Å². The van der Waals surface area contributed by atoms with Crippen molar-refractivity contribution in [3.05, 3.63) is 98.9 Å². The number of ether oxygens (including phenoxy) is 1. The number of nitrogens with one attached hydrogen (secondary N) is 2. The number of carbonyl (C=O) groups excluding carboxylic acids is 1. The second-order valence-electron chi connectivity index (χ2n) is 9.09. The first-order valence-electron chi connectivity index (χ1n) is 12.0. The molecule has 2 atom stereocenters. The van der Waals surface area contributed by atoms with Crippen LogP contribution in [0.1, 0.15) is 24.3 Å². The molecule has 0 spiro atoms. The molecular formula is C27H22BrFN6O3. The minimum absolute atomic E-state index is 0.138. The minimum atomic E-state index is -0.709. The molecule has 0 aliphatic carbocycles. The van der Waals surface area contributed by atoms with Crippen LogP contribution in [0.4, 0.5) is 4.39 Å². The summed E-state index contributed by atoms with van der Waals surface area (Å²) < 4.78 is 22.4. The van der Waals surface area contributed by atoms with Gasteiger partial charge in [0.15, 0.2) is 6.23 Å². The number of halogens is 2. The molecule has 5 aromatic rings. The van der Waals surface area contributed by atoms with Crippen LogP contribution in [-0.4, -0.2) is 48.2 Å². The van der Waals surface area contributed by atoms with E-state index in [4.69, 9.17) is 9.84 Å². The Morgan fingerprint density at radius 3 is 2.61 bits per heavy atom. The number of H-pyrrole nitrogens is 2. The van der Waals surface area contributed by atoms with E-state index in [1.165, 1.54) is 6.07 Å². The van der Waals surface area contributed by atoms with Gasteiger partial charge in [-0.25, -0.2) is 13.9 Å². The number of hydrogen-bond donors (Lipinski definition) is 2. The highest BCUT2D eigenvalue weighted by Crippen LogP contribution is 2.37. The minimum Gasteiger partial charge on any atom is -0.341 e. The molecule has 0 saturated carbocycles. The van der Waals surface area contributed by atoms with Gasteiger partial charge in [-0.05, 0) is 67.4 Å². The van der Waals surface area contributed by atoms with Crippen LogP contribution in [0.25, 0.3) is 28.1 Å². The molecule has 1 aliphatic rings. The molecule has 11 heteroatoms. The smallest absolute Gasteiger partial charge is 0.323 e. The Labute approximate surface area is 224 Å². The van der Waals surface area contributed by atoms with Crippen molar-refractivity contribution >= 4 is 32.9 Å². The number of amides is 1. The summed E-state index contributed by atoms with van der Waals surface area (Å²) in [5, 5.41) is 4.76. The van der Waals surface area contributed by atoms with Gasteiger partial charge in [-0.3, -0.25) is 9.78 Å². The molecule has 4 heterocycles. The lowest BCUT2D eigenvalue weighted by Gasteiger charge is -2.23. The van der Waals surface area contributed by atoms with Crippen LogP contribution in [0.15, 0.2) is 76.3 Å². The third-order valence-corrected chi connectivity index (χ3v) is 7.07. The number of benzene rings is 2. The number of rotatable bonds is 6. The maximum Gasteiger partial charge on any atom is 0.323 e. The van der Waals surface area contributed by atoms with Crippen molar-refractivity contribution in [2.75, 3.05) is 6.54 Å². The van der Waals surface area contributed by atoms with Crippen molar-refractivity contribution in [2.45, 2.75) is 25.7 Å². The molecule has 192 valence electrons. The van der Waals surface area contributed by atoms with E-state index < -0.39 is 18.1 Å². The van der Waals surface area contributed by atoms with Crippen molar-refractivity contribution in [2.24, 2.45) is 0 Å². The largest absolute Gasteiger partial charge is 0.341 e. The lowest BCUT2D eigenvalue weighted by atomic mass is 10.1. The highest BCUT2D eigenvalue weighted by Gasteiger charge is 2.40. The van der Waals surface area contributed by atoms with E-state index in [0.29, 0.717) is 35.4 Å². The third kappa shape index (κ3) is 4.54. The first-order valence-corrected chi connectivity index (χ1v) is 12.8. The van der Waals surface area contributed by atoms with Crippen LogP contribution in [0.3, 0.4) is 0 Å². The van der Waals surface area contributed by atoms with E-state index in [1.54, 1.807) is 22.6 Å². The fraction of sp³-hybridized carbons (Fsp3) is 0.185. The lowest BCUT2D eigenvalue weighted by molar-refractivity contribution is -0.130. The Kier molecular flexibility index (Phi) is 6.16. The highest BCUT2D eigenvalue weighted by molar-refractivity contribution is 9.10. The summed E-state index contributed by atoms with van der Waals surface area (Å²) >= 11 is 3.45. The summed E-state index contributed by atoms with van der Waals surface area (Å²) in [7, 11) is 0. The zero-order chi connectivity index (χ0) is 26.4. The van der Waals surface area contributed by atoms with Crippen molar-refractivity contribution < 1.29 is 13.9 Å². The van der Waals surface area contributed by atoms with E-state index in [2.05, 4.69) is 30.9 Å². The topological polar surface area (TPSA) is 109 Å². The van der Waals surface area contributed by atoms with Crippen LogP contribution in [-0.2, 0) is 16.0 Å². The Hall–Kier alpha value is -4.09. The van der Waals surface area contributed by atoms with E-state index in [-0.39, 0.29) is 11.6 Å². The fourth-order valence-electron chi connectivity index (χ4n) is 4.64. The zero-order valence-corrected chi connectivity index (χ0v) is 21.8. The average Bonchev–Trinajstić information content (AvgIpc) is 3.58. The number of hydrogen-bond acceptors (Lipinski definition) is 5. The highest BCUT2D eigenvalue weighted by atomic mass is 79.9. The molecule has 0 bridgehead atoms. The fourth-order valence-corrected chi connectivity index (χ4v) is 4.90. The molecule has 2 N–H and O–H groups in total. The maximum atomic E-state index is 13.6. The van der Waals surface area contributed by atoms with Gasteiger partial charge in [-0.15, -0.1) is 0 Å². The van der Waals surface area contributed by atoms with Gasteiger partial charge in [0.2, 0.25) is 0 Å². The summed E-state index contributed by atoms with van der Waals surface area (Å²) in [5.41, 5.74) is 4.55. The number of pyridine rings is 1. The molecule has 3 aromatic heterocycles. The monoisotopic (exact) mass is 576 g/mol. The molecule has 2 aromatic carbocycles. The van der Waals surface area contributed by atoms with Gasteiger partial charge < -0.3 is 19.6 Å². The second-order valence-corrected chi connectivity index (χ2v) is 10.0. The number of aromatic nitrogens is 5. The number of imidazole rings is 1.